The normalized spacial score (nSPS) is 15.2. The summed E-state index contributed by atoms with van der Waals surface area (Å²) in [6, 6.07) is 8.52. The van der Waals surface area contributed by atoms with Crippen molar-refractivity contribution in [3.63, 3.8) is 0 Å². The maximum absolute atomic E-state index is 12.4. The molecule has 1 amide bonds. The molecule has 0 atom stereocenters. The summed E-state index contributed by atoms with van der Waals surface area (Å²) < 4.78 is 1.51. The number of carboxylic acid groups (broad SMARTS) is 1. The van der Waals surface area contributed by atoms with Gasteiger partial charge in [0.1, 0.15) is 0 Å². The van der Waals surface area contributed by atoms with Gasteiger partial charge in [0.25, 0.3) is 0 Å². The first-order valence-corrected chi connectivity index (χ1v) is 8.83. The summed E-state index contributed by atoms with van der Waals surface area (Å²) in [5.41, 5.74) is 2.71. The minimum atomic E-state index is -1.01. The molecule has 0 aliphatic carbocycles. The molecule has 3 rings (SSSR count). The Morgan fingerprint density at radius 2 is 1.96 bits per heavy atom. The molecular weight excluding hydrogens is 332 g/mol. The summed E-state index contributed by atoms with van der Waals surface area (Å²) in [6.07, 6.45) is 3.09. The Kier molecular flexibility index (Phi) is 5.68. The van der Waals surface area contributed by atoms with Gasteiger partial charge in [-0.15, -0.1) is 0 Å². The van der Waals surface area contributed by atoms with E-state index in [1.807, 2.05) is 4.90 Å². The van der Waals surface area contributed by atoms with Crippen LogP contribution in [0.2, 0.25) is 0 Å². The number of rotatable bonds is 6. The van der Waals surface area contributed by atoms with Crippen LogP contribution in [0.1, 0.15) is 27.9 Å². The summed E-state index contributed by atoms with van der Waals surface area (Å²) in [5, 5.41) is 12.9. The van der Waals surface area contributed by atoms with E-state index >= 15 is 0 Å². The highest BCUT2D eigenvalue weighted by Crippen LogP contribution is 2.11. The molecule has 7 heteroatoms. The Hall–Kier alpha value is -2.67. The number of aromatic nitrogens is 2. The predicted octanol–water partition coefficient (Wildman–Crippen LogP) is 1.62. The van der Waals surface area contributed by atoms with Gasteiger partial charge in [-0.3, -0.25) is 14.4 Å². The van der Waals surface area contributed by atoms with Gasteiger partial charge in [0, 0.05) is 51.9 Å². The van der Waals surface area contributed by atoms with Gasteiger partial charge in [0.05, 0.1) is 11.8 Å². The second-order valence-electron chi connectivity index (χ2n) is 6.69. The summed E-state index contributed by atoms with van der Waals surface area (Å²) in [6.45, 7) is 6.59. The zero-order valence-corrected chi connectivity index (χ0v) is 15.0. The second kappa shape index (κ2) is 8.14. The van der Waals surface area contributed by atoms with Gasteiger partial charge in [-0.1, -0.05) is 29.8 Å². The molecule has 1 N–H and O–H groups in total. The SMILES string of the molecule is Cc1cccc(CN2CCN(C(=O)CCn3cc(C(=O)O)cn3)CC2)c1. The molecule has 1 aromatic carbocycles. The van der Waals surface area contributed by atoms with Crippen molar-refractivity contribution in [1.29, 1.82) is 0 Å². The van der Waals surface area contributed by atoms with Crippen molar-refractivity contribution in [3.05, 3.63) is 53.3 Å². The van der Waals surface area contributed by atoms with Crippen LogP contribution in [0.5, 0.6) is 0 Å². The van der Waals surface area contributed by atoms with Crippen molar-refractivity contribution in [2.75, 3.05) is 26.2 Å². The Morgan fingerprint density at radius 1 is 1.19 bits per heavy atom. The molecule has 1 aromatic heterocycles. The summed E-state index contributed by atoms with van der Waals surface area (Å²) >= 11 is 0. The lowest BCUT2D eigenvalue weighted by Crippen LogP contribution is -2.48. The molecule has 0 unspecified atom stereocenters. The van der Waals surface area contributed by atoms with Crippen molar-refractivity contribution in [3.8, 4) is 0 Å². The smallest absolute Gasteiger partial charge is 0.338 e. The number of hydrogen-bond acceptors (Lipinski definition) is 4. The Labute approximate surface area is 152 Å². The van der Waals surface area contributed by atoms with Crippen LogP contribution in [0, 0.1) is 6.92 Å². The van der Waals surface area contributed by atoms with Crippen molar-refractivity contribution < 1.29 is 14.7 Å². The average Bonchev–Trinajstić information content (AvgIpc) is 3.10. The van der Waals surface area contributed by atoms with E-state index in [1.54, 1.807) is 0 Å². The molecular formula is C19H24N4O3. The van der Waals surface area contributed by atoms with Crippen molar-refractivity contribution in [2.24, 2.45) is 0 Å². The number of piperazine rings is 1. The highest BCUT2D eigenvalue weighted by molar-refractivity contribution is 5.86. The number of carbonyl (C=O) groups is 2. The van der Waals surface area contributed by atoms with Gasteiger partial charge in [0.2, 0.25) is 5.91 Å². The van der Waals surface area contributed by atoms with E-state index in [1.165, 1.54) is 28.2 Å². The van der Waals surface area contributed by atoms with E-state index in [4.69, 9.17) is 5.11 Å². The summed E-state index contributed by atoms with van der Waals surface area (Å²) in [7, 11) is 0. The molecule has 0 bridgehead atoms. The number of carbonyl (C=O) groups excluding carboxylic acids is 1. The van der Waals surface area contributed by atoms with E-state index in [0.29, 0.717) is 13.0 Å². The van der Waals surface area contributed by atoms with E-state index < -0.39 is 5.97 Å². The Balaban J connectivity index is 1.43. The number of carboxylic acids is 1. The molecule has 0 radical (unpaired) electrons. The Morgan fingerprint density at radius 3 is 2.62 bits per heavy atom. The fraction of sp³-hybridized carbons (Fsp3) is 0.421. The van der Waals surface area contributed by atoms with Gasteiger partial charge < -0.3 is 10.0 Å². The number of hydrogen-bond donors (Lipinski definition) is 1. The van der Waals surface area contributed by atoms with E-state index in [2.05, 4.69) is 41.2 Å². The van der Waals surface area contributed by atoms with Gasteiger partial charge in [-0.05, 0) is 12.5 Å². The van der Waals surface area contributed by atoms with Crippen LogP contribution in [-0.2, 0) is 17.9 Å². The highest BCUT2D eigenvalue weighted by atomic mass is 16.4. The van der Waals surface area contributed by atoms with Gasteiger partial charge in [-0.25, -0.2) is 4.79 Å². The lowest BCUT2D eigenvalue weighted by Gasteiger charge is -2.34. The van der Waals surface area contributed by atoms with Gasteiger partial charge >= 0.3 is 5.97 Å². The third-order valence-corrected chi connectivity index (χ3v) is 4.65. The third kappa shape index (κ3) is 4.70. The number of aryl methyl sites for hydroxylation is 2. The van der Waals surface area contributed by atoms with Crippen LogP contribution in [0.15, 0.2) is 36.7 Å². The van der Waals surface area contributed by atoms with Gasteiger partial charge in [0.15, 0.2) is 0 Å². The lowest BCUT2D eigenvalue weighted by atomic mass is 10.1. The summed E-state index contributed by atoms with van der Waals surface area (Å²) in [5.74, 6) is -0.917. The first kappa shape index (κ1) is 18.1. The van der Waals surface area contributed by atoms with E-state index in [0.717, 1.165) is 32.7 Å². The number of nitrogens with zero attached hydrogens (tertiary/aromatic N) is 4. The molecule has 1 saturated heterocycles. The van der Waals surface area contributed by atoms with Crippen LogP contribution in [-0.4, -0.2) is 62.7 Å². The monoisotopic (exact) mass is 356 g/mol. The topological polar surface area (TPSA) is 78.7 Å². The van der Waals surface area contributed by atoms with Crippen molar-refractivity contribution in [2.45, 2.75) is 26.4 Å². The van der Waals surface area contributed by atoms with Crippen molar-refractivity contribution >= 4 is 11.9 Å². The minimum absolute atomic E-state index is 0.0904. The van der Waals surface area contributed by atoms with Crippen LogP contribution >= 0.6 is 0 Å². The van der Waals surface area contributed by atoms with Crippen LogP contribution in [0.4, 0.5) is 0 Å². The second-order valence-corrected chi connectivity index (χ2v) is 6.69. The number of aromatic carboxylic acids is 1. The highest BCUT2D eigenvalue weighted by Gasteiger charge is 2.21. The molecule has 1 fully saturated rings. The number of benzene rings is 1. The van der Waals surface area contributed by atoms with Crippen molar-refractivity contribution in [1.82, 2.24) is 19.6 Å². The Bertz CT molecular complexity index is 779. The fourth-order valence-electron chi connectivity index (χ4n) is 3.19. The zero-order chi connectivity index (χ0) is 18.5. The maximum atomic E-state index is 12.4. The quantitative estimate of drug-likeness (QED) is 0.851. The zero-order valence-electron chi connectivity index (χ0n) is 15.0. The fourth-order valence-corrected chi connectivity index (χ4v) is 3.19. The first-order valence-electron chi connectivity index (χ1n) is 8.83. The van der Waals surface area contributed by atoms with Crippen LogP contribution in [0.3, 0.4) is 0 Å². The van der Waals surface area contributed by atoms with Crippen LogP contribution < -0.4 is 0 Å². The molecule has 0 spiro atoms. The lowest BCUT2D eigenvalue weighted by molar-refractivity contribution is -0.133. The largest absolute Gasteiger partial charge is 0.478 e. The molecule has 2 aromatic rings. The number of amides is 1. The molecule has 138 valence electrons. The predicted molar refractivity (Wildman–Crippen MR) is 96.8 cm³/mol. The maximum Gasteiger partial charge on any atom is 0.338 e. The summed E-state index contributed by atoms with van der Waals surface area (Å²) in [4.78, 5) is 27.5. The van der Waals surface area contributed by atoms with E-state index in [-0.39, 0.29) is 11.5 Å². The van der Waals surface area contributed by atoms with Gasteiger partial charge in [-0.2, -0.15) is 5.10 Å². The molecule has 1 aliphatic rings. The average molecular weight is 356 g/mol. The molecule has 0 saturated carbocycles. The molecule has 26 heavy (non-hydrogen) atoms. The standard InChI is InChI=1S/C19H24N4O3/c1-15-3-2-4-16(11-15)13-21-7-9-22(10-8-21)18(24)5-6-23-14-17(12-20-23)19(25)26/h2-4,11-12,14H,5-10,13H2,1H3,(H,25,26). The van der Waals surface area contributed by atoms with E-state index in [9.17, 15) is 9.59 Å². The first-order chi connectivity index (χ1) is 12.5. The molecule has 1 aliphatic heterocycles. The molecule has 7 nitrogen and oxygen atoms in total. The minimum Gasteiger partial charge on any atom is -0.478 e. The molecule has 2 heterocycles. The van der Waals surface area contributed by atoms with Crippen LogP contribution in [0.25, 0.3) is 0 Å². The third-order valence-electron chi connectivity index (χ3n) is 4.65.